The monoisotopic (exact) mass is 194 g/mol. The van der Waals surface area contributed by atoms with Crippen molar-refractivity contribution in [3.63, 3.8) is 0 Å². The highest BCUT2D eigenvalue weighted by Crippen LogP contribution is 1.94. The van der Waals surface area contributed by atoms with E-state index in [-0.39, 0.29) is 5.75 Å². The van der Waals surface area contributed by atoms with Crippen LogP contribution in [0, 0.1) is 0 Å². The van der Waals surface area contributed by atoms with E-state index in [0.29, 0.717) is 19.4 Å². The summed E-state index contributed by atoms with van der Waals surface area (Å²) in [6, 6.07) is 0. The van der Waals surface area contributed by atoms with E-state index in [2.05, 4.69) is 0 Å². The molecule has 0 aliphatic rings. The quantitative estimate of drug-likeness (QED) is 0.392. The van der Waals surface area contributed by atoms with E-state index in [4.69, 9.17) is 9.29 Å². The Labute approximate surface area is 73.0 Å². The summed E-state index contributed by atoms with van der Waals surface area (Å²) in [5.41, 5.74) is 0. The van der Waals surface area contributed by atoms with Crippen molar-refractivity contribution in [3.8, 4) is 0 Å². The second-order valence-electron chi connectivity index (χ2n) is 2.33. The molecule has 0 fully saturated rings. The maximum absolute atomic E-state index is 10.2. The Morgan fingerprint density at radius 2 is 2.08 bits per heavy atom. The van der Waals surface area contributed by atoms with Crippen molar-refractivity contribution in [2.24, 2.45) is 0 Å². The molecule has 0 aromatic rings. The maximum Gasteiger partial charge on any atom is 0.264 e. The van der Waals surface area contributed by atoms with Gasteiger partial charge in [0.2, 0.25) is 0 Å². The molecule has 1 N–H and O–H groups in total. The van der Waals surface area contributed by atoms with Crippen molar-refractivity contribution in [2.75, 3.05) is 12.4 Å². The van der Waals surface area contributed by atoms with Gasteiger partial charge in [0.25, 0.3) is 10.1 Å². The van der Waals surface area contributed by atoms with Crippen LogP contribution >= 0.6 is 0 Å². The second kappa shape index (κ2) is 6.02. The molecule has 0 radical (unpaired) electrons. The van der Waals surface area contributed by atoms with Gasteiger partial charge in [-0.1, -0.05) is 6.08 Å². The molecule has 4 nitrogen and oxygen atoms in total. The minimum absolute atomic E-state index is 0.188. The van der Waals surface area contributed by atoms with Gasteiger partial charge in [-0.3, -0.25) is 4.55 Å². The fourth-order valence-electron chi connectivity index (χ4n) is 0.634. The fraction of sp³-hybridized carbons (Fsp3) is 0.714. The molecule has 72 valence electrons. The highest BCUT2D eigenvalue weighted by atomic mass is 32.2. The highest BCUT2D eigenvalue weighted by Gasteiger charge is 2.02. The molecule has 0 aliphatic carbocycles. The van der Waals surface area contributed by atoms with Crippen LogP contribution in [0.25, 0.3) is 0 Å². The Morgan fingerprint density at radius 1 is 1.42 bits per heavy atom. The minimum atomic E-state index is -3.79. The van der Waals surface area contributed by atoms with E-state index < -0.39 is 10.1 Å². The zero-order valence-corrected chi connectivity index (χ0v) is 7.88. The van der Waals surface area contributed by atoms with Crippen LogP contribution in [0.2, 0.25) is 0 Å². The zero-order chi connectivity index (χ0) is 9.45. The molecule has 12 heavy (non-hydrogen) atoms. The number of allylic oxidation sites excluding steroid dienone is 1. The molecule has 0 unspecified atom stereocenters. The van der Waals surface area contributed by atoms with E-state index >= 15 is 0 Å². The standard InChI is InChI=1S/C7H14O4S/c1-2-5-11-6-3-4-7-12(8,9)10/h2,5H,3-4,6-7H2,1H3,(H,8,9,10). The van der Waals surface area contributed by atoms with Gasteiger partial charge in [-0.2, -0.15) is 8.42 Å². The third-order valence-electron chi connectivity index (χ3n) is 1.15. The van der Waals surface area contributed by atoms with Crippen LogP contribution in [0.3, 0.4) is 0 Å². The van der Waals surface area contributed by atoms with Gasteiger partial charge in [-0.25, -0.2) is 0 Å². The zero-order valence-electron chi connectivity index (χ0n) is 7.06. The molecule has 0 bridgehead atoms. The van der Waals surface area contributed by atoms with E-state index in [0.717, 1.165) is 0 Å². The van der Waals surface area contributed by atoms with Gasteiger partial charge in [0, 0.05) is 0 Å². The van der Waals surface area contributed by atoms with E-state index in [1.165, 1.54) is 0 Å². The summed E-state index contributed by atoms with van der Waals surface area (Å²) in [5.74, 6) is -0.188. The lowest BCUT2D eigenvalue weighted by Gasteiger charge is -1.98. The van der Waals surface area contributed by atoms with Crippen LogP contribution in [0.4, 0.5) is 0 Å². The minimum Gasteiger partial charge on any atom is -0.502 e. The lowest BCUT2D eigenvalue weighted by molar-refractivity contribution is 0.243. The average Bonchev–Trinajstić information content (AvgIpc) is 1.94. The Morgan fingerprint density at radius 3 is 2.58 bits per heavy atom. The molecule has 5 heteroatoms. The summed E-state index contributed by atoms with van der Waals surface area (Å²) in [5, 5.41) is 0. The van der Waals surface area contributed by atoms with Crippen LogP contribution in [0.1, 0.15) is 19.8 Å². The van der Waals surface area contributed by atoms with Crippen LogP contribution in [-0.2, 0) is 14.9 Å². The molecule has 0 spiro atoms. The van der Waals surface area contributed by atoms with Crippen molar-refractivity contribution in [1.29, 1.82) is 0 Å². The Bertz CT molecular complexity index is 218. The van der Waals surface area contributed by atoms with Gasteiger partial charge in [0.05, 0.1) is 18.6 Å². The molecule has 0 saturated carbocycles. The number of ether oxygens (including phenoxy) is 1. The van der Waals surface area contributed by atoms with Crippen LogP contribution in [0.15, 0.2) is 12.3 Å². The first-order valence-corrected chi connectivity index (χ1v) is 5.35. The van der Waals surface area contributed by atoms with E-state index in [1.807, 2.05) is 6.92 Å². The smallest absolute Gasteiger partial charge is 0.264 e. The Balaban J connectivity index is 3.23. The summed E-state index contributed by atoms with van der Waals surface area (Å²) in [6.07, 6.45) is 4.36. The molecule has 0 aromatic carbocycles. The Kier molecular flexibility index (Phi) is 5.74. The topological polar surface area (TPSA) is 63.6 Å². The average molecular weight is 194 g/mol. The first-order chi connectivity index (χ1) is 5.56. The van der Waals surface area contributed by atoms with Crippen molar-refractivity contribution in [2.45, 2.75) is 19.8 Å². The summed E-state index contributed by atoms with van der Waals surface area (Å²) >= 11 is 0. The first kappa shape index (κ1) is 11.4. The highest BCUT2D eigenvalue weighted by molar-refractivity contribution is 7.85. The summed E-state index contributed by atoms with van der Waals surface area (Å²) in [4.78, 5) is 0. The van der Waals surface area contributed by atoms with E-state index in [1.54, 1.807) is 12.3 Å². The lowest BCUT2D eigenvalue weighted by atomic mass is 10.4. The number of hydrogen-bond donors (Lipinski definition) is 1. The molecule has 0 aliphatic heterocycles. The van der Waals surface area contributed by atoms with Crippen LogP contribution in [0.5, 0.6) is 0 Å². The van der Waals surface area contributed by atoms with Crippen molar-refractivity contribution in [1.82, 2.24) is 0 Å². The van der Waals surface area contributed by atoms with Gasteiger partial charge >= 0.3 is 0 Å². The predicted molar refractivity (Wildman–Crippen MR) is 46.4 cm³/mol. The number of rotatable bonds is 6. The second-order valence-corrected chi connectivity index (χ2v) is 3.91. The SMILES string of the molecule is CC=COCCCCS(=O)(=O)O. The lowest BCUT2D eigenvalue weighted by Crippen LogP contribution is -2.04. The van der Waals surface area contributed by atoms with Crippen LogP contribution < -0.4 is 0 Å². The third kappa shape index (κ3) is 9.45. The Hall–Kier alpha value is -0.550. The van der Waals surface area contributed by atoms with Gasteiger partial charge < -0.3 is 4.74 Å². The molecule has 0 heterocycles. The third-order valence-corrected chi connectivity index (χ3v) is 1.95. The maximum atomic E-state index is 10.2. The van der Waals surface area contributed by atoms with Crippen LogP contribution in [-0.4, -0.2) is 25.3 Å². The summed E-state index contributed by atoms with van der Waals surface area (Å²) in [6.45, 7) is 2.32. The molecular weight excluding hydrogens is 180 g/mol. The largest absolute Gasteiger partial charge is 0.502 e. The van der Waals surface area contributed by atoms with Crippen molar-refractivity contribution < 1.29 is 17.7 Å². The molecule has 0 saturated heterocycles. The molecule has 0 aromatic heterocycles. The number of unbranched alkanes of at least 4 members (excludes halogenated alkanes) is 1. The van der Waals surface area contributed by atoms with Gasteiger partial charge in [-0.15, -0.1) is 0 Å². The molecule has 0 atom stereocenters. The van der Waals surface area contributed by atoms with Gasteiger partial charge in [0.1, 0.15) is 0 Å². The fourth-order valence-corrected chi connectivity index (χ4v) is 1.20. The molecule has 0 rings (SSSR count). The molecular formula is C7H14O4S. The first-order valence-electron chi connectivity index (χ1n) is 3.74. The van der Waals surface area contributed by atoms with Crippen molar-refractivity contribution >= 4 is 10.1 Å². The number of hydrogen-bond acceptors (Lipinski definition) is 3. The van der Waals surface area contributed by atoms with Gasteiger partial charge in [0.15, 0.2) is 0 Å². The summed E-state index contributed by atoms with van der Waals surface area (Å²) < 4.78 is 33.7. The van der Waals surface area contributed by atoms with Gasteiger partial charge in [-0.05, 0) is 19.8 Å². The van der Waals surface area contributed by atoms with E-state index in [9.17, 15) is 8.42 Å². The predicted octanol–water partition coefficient (Wildman–Crippen LogP) is 1.20. The molecule has 0 amide bonds. The normalized spacial score (nSPS) is 12.2. The summed E-state index contributed by atoms with van der Waals surface area (Å²) in [7, 11) is -3.79. The van der Waals surface area contributed by atoms with Crippen molar-refractivity contribution in [3.05, 3.63) is 12.3 Å².